The summed E-state index contributed by atoms with van der Waals surface area (Å²) in [5.41, 5.74) is 14.1. The molecule has 3 nitrogen and oxygen atoms in total. The monoisotopic (exact) mass is 517 g/mol. The van der Waals surface area contributed by atoms with Gasteiger partial charge in [-0.1, -0.05) is 91.0 Å². The summed E-state index contributed by atoms with van der Waals surface area (Å²) in [6.07, 6.45) is 0. The van der Waals surface area contributed by atoms with Crippen molar-refractivity contribution >= 4 is 66.7 Å². The standard InChI is InChI=1S/C37H20BN3/c39-21-22-9-1-2-10-24(22)23-19-33-35-34(20-23)41-32-18-6-4-12-26(32)28-14-8-16-30(37(28)41)38(35)29-15-7-13-27-25-11-3-5-17-31(25)40(33)36(27)29/h1-20H. The number of nitriles is 1. The zero-order chi connectivity index (χ0) is 26.8. The van der Waals surface area contributed by atoms with E-state index in [2.05, 4.69) is 118 Å². The van der Waals surface area contributed by atoms with Gasteiger partial charge >= 0.3 is 0 Å². The largest absolute Gasteiger partial charge is 0.310 e. The lowest BCUT2D eigenvalue weighted by Gasteiger charge is -2.34. The van der Waals surface area contributed by atoms with Gasteiger partial charge in [0, 0.05) is 44.0 Å². The first-order chi connectivity index (χ1) is 20.3. The van der Waals surface area contributed by atoms with E-state index in [9.17, 15) is 5.26 Å². The van der Waals surface area contributed by atoms with Gasteiger partial charge in [0.25, 0.3) is 6.71 Å². The quantitative estimate of drug-likeness (QED) is 0.227. The first kappa shape index (κ1) is 21.3. The van der Waals surface area contributed by atoms with Gasteiger partial charge in [0.1, 0.15) is 0 Å². The summed E-state index contributed by atoms with van der Waals surface area (Å²) < 4.78 is 4.95. The van der Waals surface area contributed by atoms with Gasteiger partial charge in [-0.25, -0.2) is 0 Å². The molecule has 2 aliphatic rings. The molecule has 0 fully saturated rings. The number of nitrogens with zero attached hydrogens (tertiary/aromatic N) is 3. The minimum Gasteiger partial charge on any atom is -0.310 e. The number of aromatic nitrogens is 2. The van der Waals surface area contributed by atoms with Crippen molar-refractivity contribution in [3.8, 4) is 28.6 Å². The van der Waals surface area contributed by atoms with Gasteiger partial charge in [-0.2, -0.15) is 5.26 Å². The summed E-state index contributed by atoms with van der Waals surface area (Å²) in [7, 11) is 0. The molecular weight excluding hydrogens is 497 g/mol. The molecule has 0 amide bonds. The van der Waals surface area contributed by atoms with E-state index in [1.54, 1.807) is 0 Å². The SMILES string of the molecule is N#Cc1ccccc1-c1cc2c3c(c1)-n1c4ccccc4c4cccc(c41)B3c1cccc3c4ccccc4n-2c13. The van der Waals surface area contributed by atoms with Crippen LogP contribution in [0.2, 0.25) is 0 Å². The fourth-order valence-corrected chi connectivity index (χ4v) is 7.81. The molecular formula is C37H20BN3. The molecule has 10 rings (SSSR count). The van der Waals surface area contributed by atoms with E-state index < -0.39 is 0 Å². The third kappa shape index (κ3) is 2.46. The van der Waals surface area contributed by atoms with Gasteiger partial charge in [0.05, 0.1) is 22.7 Å². The summed E-state index contributed by atoms with van der Waals surface area (Å²) in [6, 6.07) is 46.2. The Balaban J connectivity index is 1.48. The van der Waals surface area contributed by atoms with Crippen LogP contribution in [0.1, 0.15) is 5.56 Å². The number of benzene rings is 6. The number of hydrogen-bond acceptors (Lipinski definition) is 1. The molecule has 0 saturated carbocycles. The van der Waals surface area contributed by atoms with Crippen LogP contribution in [0.5, 0.6) is 0 Å². The normalized spacial score (nSPS) is 12.8. The molecule has 0 bridgehead atoms. The van der Waals surface area contributed by atoms with Gasteiger partial charge < -0.3 is 9.13 Å². The molecule has 0 N–H and O–H groups in total. The molecule has 6 aromatic carbocycles. The predicted octanol–water partition coefficient (Wildman–Crippen LogP) is 6.56. The number of para-hydroxylation sites is 4. The molecule has 2 aromatic heterocycles. The van der Waals surface area contributed by atoms with Crippen LogP contribution < -0.4 is 16.4 Å². The van der Waals surface area contributed by atoms with Crippen molar-refractivity contribution in [2.24, 2.45) is 0 Å². The van der Waals surface area contributed by atoms with Crippen LogP contribution in [-0.4, -0.2) is 15.8 Å². The van der Waals surface area contributed by atoms with Gasteiger partial charge in [-0.05, 0) is 57.8 Å². The molecule has 0 saturated heterocycles. The van der Waals surface area contributed by atoms with Crippen LogP contribution in [0.4, 0.5) is 0 Å². The van der Waals surface area contributed by atoms with Crippen molar-refractivity contribution in [3.63, 3.8) is 0 Å². The lowest BCUT2D eigenvalue weighted by atomic mass is 9.34. The van der Waals surface area contributed by atoms with E-state index in [1.165, 1.54) is 71.4 Å². The first-order valence-electron chi connectivity index (χ1n) is 14.1. The van der Waals surface area contributed by atoms with Gasteiger partial charge in [0.15, 0.2) is 0 Å². The lowest BCUT2D eigenvalue weighted by Crippen LogP contribution is -2.59. The average Bonchev–Trinajstić information content (AvgIpc) is 3.56. The number of rotatable bonds is 1. The highest BCUT2D eigenvalue weighted by atomic mass is 15.0. The highest BCUT2D eigenvalue weighted by Crippen LogP contribution is 2.40. The molecule has 2 aliphatic heterocycles. The number of hydrogen-bond donors (Lipinski definition) is 0. The van der Waals surface area contributed by atoms with E-state index in [1.807, 2.05) is 18.2 Å². The molecule has 0 unspecified atom stereocenters. The highest BCUT2D eigenvalue weighted by molar-refractivity contribution is 7.00. The Hall–Kier alpha value is -5.53. The van der Waals surface area contributed by atoms with Crippen LogP contribution in [0.15, 0.2) is 121 Å². The molecule has 186 valence electrons. The third-order valence-electron chi connectivity index (χ3n) is 9.34. The number of fused-ring (bicyclic) bond motifs is 10. The topological polar surface area (TPSA) is 33.6 Å². The maximum atomic E-state index is 10.1. The maximum Gasteiger partial charge on any atom is 0.252 e. The van der Waals surface area contributed by atoms with Gasteiger partial charge in [0.2, 0.25) is 0 Å². The Morgan fingerprint density at radius 3 is 1.63 bits per heavy atom. The molecule has 0 radical (unpaired) electrons. The fraction of sp³-hybridized carbons (Fsp3) is 0. The average molecular weight is 517 g/mol. The van der Waals surface area contributed by atoms with Crippen molar-refractivity contribution in [1.82, 2.24) is 9.13 Å². The van der Waals surface area contributed by atoms with Crippen molar-refractivity contribution in [2.45, 2.75) is 0 Å². The zero-order valence-corrected chi connectivity index (χ0v) is 22.0. The van der Waals surface area contributed by atoms with Gasteiger partial charge in [-0.15, -0.1) is 0 Å². The Morgan fingerprint density at radius 2 is 1.05 bits per heavy atom. The van der Waals surface area contributed by atoms with E-state index in [-0.39, 0.29) is 6.71 Å². The summed E-state index contributed by atoms with van der Waals surface area (Å²) in [5, 5.41) is 15.2. The summed E-state index contributed by atoms with van der Waals surface area (Å²) in [6.45, 7) is 0.112. The van der Waals surface area contributed by atoms with E-state index in [4.69, 9.17) is 0 Å². The zero-order valence-electron chi connectivity index (χ0n) is 22.0. The third-order valence-corrected chi connectivity index (χ3v) is 9.34. The minimum absolute atomic E-state index is 0.112. The molecule has 41 heavy (non-hydrogen) atoms. The lowest BCUT2D eigenvalue weighted by molar-refractivity contribution is 1.14. The molecule has 0 spiro atoms. The molecule has 0 atom stereocenters. The van der Waals surface area contributed by atoms with Crippen LogP contribution in [0.25, 0.3) is 66.1 Å². The second-order valence-corrected chi connectivity index (χ2v) is 11.2. The predicted molar refractivity (Wildman–Crippen MR) is 170 cm³/mol. The van der Waals surface area contributed by atoms with E-state index in [0.717, 1.165) is 11.1 Å². The minimum atomic E-state index is 0.112. The van der Waals surface area contributed by atoms with Crippen molar-refractivity contribution < 1.29 is 0 Å². The molecule has 4 heterocycles. The summed E-state index contributed by atoms with van der Waals surface area (Å²) in [5.74, 6) is 0. The molecule has 0 aliphatic carbocycles. The second kappa shape index (κ2) is 7.35. The summed E-state index contributed by atoms with van der Waals surface area (Å²) >= 11 is 0. The first-order valence-corrected chi connectivity index (χ1v) is 14.1. The Morgan fingerprint density at radius 1 is 0.537 bits per heavy atom. The molecule has 4 heteroatoms. The fourth-order valence-electron chi connectivity index (χ4n) is 7.81. The molecule has 8 aromatic rings. The second-order valence-electron chi connectivity index (χ2n) is 11.2. The van der Waals surface area contributed by atoms with Crippen LogP contribution in [0, 0.1) is 11.3 Å². The van der Waals surface area contributed by atoms with E-state index in [0.29, 0.717) is 5.56 Å². The van der Waals surface area contributed by atoms with Crippen LogP contribution >= 0.6 is 0 Å². The van der Waals surface area contributed by atoms with Crippen molar-refractivity contribution in [3.05, 3.63) is 127 Å². The highest BCUT2D eigenvalue weighted by Gasteiger charge is 2.40. The Labute approximate surface area is 236 Å². The van der Waals surface area contributed by atoms with Gasteiger partial charge in [-0.3, -0.25) is 0 Å². The smallest absolute Gasteiger partial charge is 0.252 e. The Bertz CT molecular complexity index is 2360. The Kier molecular flexibility index (Phi) is 3.82. The van der Waals surface area contributed by atoms with Crippen molar-refractivity contribution in [2.75, 3.05) is 0 Å². The maximum absolute atomic E-state index is 10.1. The summed E-state index contributed by atoms with van der Waals surface area (Å²) in [4.78, 5) is 0. The van der Waals surface area contributed by atoms with Crippen molar-refractivity contribution in [1.29, 1.82) is 5.26 Å². The van der Waals surface area contributed by atoms with Crippen LogP contribution in [0.3, 0.4) is 0 Å². The van der Waals surface area contributed by atoms with E-state index >= 15 is 0 Å². The van der Waals surface area contributed by atoms with Crippen LogP contribution in [-0.2, 0) is 0 Å².